The van der Waals surface area contributed by atoms with E-state index < -0.39 is 15.4 Å². The molecule has 0 aliphatic carbocycles. The summed E-state index contributed by atoms with van der Waals surface area (Å²) >= 11 is 0. The normalized spacial score (nSPS) is 16.2. The van der Waals surface area contributed by atoms with Crippen LogP contribution in [0.5, 0.6) is 0 Å². The first kappa shape index (κ1) is 16.4. The number of aromatic nitrogens is 1. The van der Waals surface area contributed by atoms with E-state index in [1.165, 1.54) is 6.07 Å². The number of nitrogens with one attached hydrogen (secondary N) is 1. The first-order chi connectivity index (χ1) is 11.1. The summed E-state index contributed by atoms with van der Waals surface area (Å²) in [5.41, 5.74) is 1.40. The number of sulfonamides is 1. The molecule has 0 atom stereocenters. The number of pyridine rings is 1. The van der Waals surface area contributed by atoms with Crippen molar-refractivity contribution < 1.29 is 13.2 Å². The number of amides is 1. The summed E-state index contributed by atoms with van der Waals surface area (Å²) in [5.74, 6) is 0.211. The highest BCUT2D eigenvalue weighted by Gasteiger charge is 2.42. The van der Waals surface area contributed by atoms with Gasteiger partial charge in [-0.25, -0.2) is 13.4 Å². The largest absolute Gasteiger partial charge is 0.314 e. The van der Waals surface area contributed by atoms with Crippen LogP contribution in [-0.4, -0.2) is 26.4 Å². The predicted molar refractivity (Wildman–Crippen MR) is 92.7 cm³/mol. The highest BCUT2D eigenvalue weighted by molar-refractivity contribution is 7.92. The topological polar surface area (TPSA) is 79.4 Å². The quantitative estimate of drug-likeness (QED) is 0.927. The molecule has 1 aromatic carbocycles. The molecule has 1 N–H and O–H groups in total. The van der Waals surface area contributed by atoms with Gasteiger partial charge in [-0.2, -0.15) is 0 Å². The van der Waals surface area contributed by atoms with Crippen LogP contribution in [-0.2, 0) is 20.2 Å². The van der Waals surface area contributed by atoms with Gasteiger partial charge in [0, 0.05) is 18.4 Å². The third-order valence-electron chi connectivity index (χ3n) is 4.28. The van der Waals surface area contributed by atoms with Crippen LogP contribution >= 0.6 is 0 Å². The molecule has 1 aromatic heterocycles. The van der Waals surface area contributed by atoms with Crippen LogP contribution in [0.4, 0.5) is 11.5 Å². The van der Waals surface area contributed by atoms with Gasteiger partial charge in [0.25, 0.3) is 10.0 Å². The molecule has 0 spiro atoms. The number of nitrogens with zero attached hydrogens (tertiary/aromatic N) is 2. The van der Waals surface area contributed by atoms with Gasteiger partial charge in [0.2, 0.25) is 5.91 Å². The second-order valence-corrected chi connectivity index (χ2v) is 8.12. The van der Waals surface area contributed by atoms with Gasteiger partial charge in [0.1, 0.15) is 5.82 Å². The Labute approximate surface area is 141 Å². The van der Waals surface area contributed by atoms with Crippen molar-refractivity contribution in [1.82, 2.24) is 4.98 Å². The number of anilines is 2. The zero-order valence-electron chi connectivity index (χ0n) is 14.0. The average Bonchev–Trinajstić information content (AvgIpc) is 2.68. The minimum absolute atomic E-state index is 0.0552. The molecule has 7 heteroatoms. The Bertz CT molecular complexity index is 936. The fraction of sp³-hybridized carbons (Fsp3) is 0.294. The molecule has 3 rings (SSSR count). The highest BCUT2D eigenvalue weighted by Crippen LogP contribution is 2.41. The van der Waals surface area contributed by atoms with Crippen molar-refractivity contribution in [2.75, 3.05) is 16.7 Å². The Balaban J connectivity index is 2.02. The van der Waals surface area contributed by atoms with Crippen LogP contribution in [0.1, 0.15) is 25.1 Å². The third kappa shape index (κ3) is 2.54. The Morgan fingerprint density at radius 1 is 1.17 bits per heavy atom. The monoisotopic (exact) mass is 345 g/mol. The first-order valence-corrected chi connectivity index (χ1v) is 9.00. The summed E-state index contributed by atoms with van der Waals surface area (Å²) in [6.07, 6.45) is 0. The van der Waals surface area contributed by atoms with Crippen LogP contribution in [0.2, 0.25) is 0 Å². The third-order valence-corrected chi connectivity index (χ3v) is 5.63. The molecule has 0 saturated heterocycles. The lowest BCUT2D eigenvalue weighted by atomic mass is 9.86. The van der Waals surface area contributed by atoms with E-state index in [9.17, 15) is 13.2 Å². The Morgan fingerprint density at radius 2 is 1.88 bits per heavy atom. The van der Waals surface area contributed by atoms with E-state index >= 15 is 0 Å². The minimum Gasteiger partial charge on any atom is -0.314 e. The molecule has 0 unspecified atom stereocenters. The van der Waals surface area contributed by atoms with Crippen molar-refractivity contribution in [3.8, 4) is 0 Å². The lowest BCUT2D eigenvalue weighted by Gasteiger charge is -2.17. The van der Waals surface area contributed by atoms with E-state index in [-0.39, 0.29) is 16.6 Å². The SMILES string of the molecule is Cc1cccc(NS(=O)(=O)c2ccc3c(c2)C(C)(C)C(=O)N3C)n1. The smallest absolute Gasteiger partial charge is 0.263 e. The van der Waals surface area contributed by atoms with Crippen LogP contribution in [0.15, 0.2) is 41.3 Å². The molecule has 0 bridgehead atoms. The van der Waals surface area contributed by atoms with Gasteiger partial charge in [-0.05, 0) is 56.7 Å². The number of rotatable bonds is 3. The number of fused-ring (bicyclic) bond motifs is 1. The van der Waals surface area contributed by atoms with Crippen LogP contribution in [0.25, 0.3) is 0 Å². The number of benzene rings is 1. The van der Waals surface area contributed by atoms with Crippen molar-refractivity contribution in [1.29, 1.82) is 0 Å². The molecule has 0 saturated carbocycles. The van der Waals surface area contributed by atoms with Gasteiger partial charge in [-0.3, -0.25) is 9.52 Å². The van der Waals surface area contributed by atoms with Gasteiger partial charge < -0.3 is 4.90 Å². The maximum Gasteiger partial charge on any atom is 0.263 e. The van der Waals surface area contributed by atoms with E-state index in [1.807, 2.05) is 0 Å². The van der Waals surface area contributed by atoms with Crippen molar-refractivity contribution in [2.24, 2.45) is 0 Å². The van der Waals surface area contributed by atoms with Gasteiger partial charge in [-0.1, -0.05) is 6.07 Å². The fourth-order valence-corrected chi connectivity index (χ4v) is 3.94. The minimum atomic E-state index is -3.78. The molecule has 1 amide bonds. The molecular formula is C17H19N3O3S. The number of carbonyl (C=O) groups excluding carboxylic acids is 1. The fourth-order valence-electron chi connectivity index (χ4n) is 2.92. The molecule has 2 aromatic rings. The molecule has 1 aliphatic heterocycles. The van der Waals surface area contributed by atoms with Crippen molar-refractivity contribution in [3.05, 3.63) is 47.7 Å². The number of aryl methyl sites for hydroxylation is 1. The molecule has 0 radical (unpaired) electrons. The number of hydrogen-bond donors (Lipinski definition) is 1. The Morgan fingerprint density at radius 3 is 2.54 bits per heavy atom. The summed E-state index contributed by atoms with van der Waals surface area (Å²) in [5, 5.41) is 0. The molecule has 1 aliphatic rings. The van der Waals surface area contributed by atoms with E-state index in [4.69, 9.17) is 0 Å². The highest BCUT2D eigenvalue weighted by atomic mass is 32.2. The Kier molecular flexibility index (Phi) is 3.64. The summed E-state index contributed by atoms with van der Waals surface area (Å²) in [6, 6.07) is 9.85. The van der Waals surface area contributed by atoms with Gasteiger partial charge in [0.05, 0.1) is 10.3 Å². The summed E-state index contributed by atoms with van der Waals surface area (Å²) in [6.45, 7) is 5.38. The van der Waals surface area contributed by atoms with E-state index in [1.54, 1.807) is 63.1 Å². The lowest BCUT2D eigenvalue weighted by molar-refractivity contribution is -0.121. The lowest BCUT2D eigenvalue weighted by Crippen LogP contribution is -2.33. The maximum absolute atomic E-state index is 12.6. The van der Waals surface area contributed by atoms with E-state index in [0.29, 0.717) is 5.56 Å². The zero-order chi connectivity index (χ0) is 17.7. The summed E-state index contributed by atoms with van der Waals surface area (Å²) < 4.78 is 27.8. The number of likely N-dealkylation sites (N-methyl/N-ethyl adjacent to an activating group) is 1. The average molecular weight is 345 g/mol. The van der Waals surface area contributed by atoms with Crippen molar-refractivity contribution in [2.45, 2.75) is 31.1 Å². The van der Waals surface area contributed by atoms with Gasteiger partial charge in [-0.15, -0.1) is 0 Å². The predicted octanol–water partition coefficient (Wildman–Crippen LogP) is 2.44. The molecule has 24 heavy (non-hydrogen) atoms. The molecule has 2 heterocycles. The van der Waals surface area contributed by atoms with Gasteiger partial charge >= 0.3 is 0 Å². The molecule has 0 fully saturated rings. The van der Waals surface area contributed by atoms with E-state index in [2.05, 4.69) is 9.71 Å². The second kappa shape index (κ2) is 5.31. The zero-order valence-corrected chi connectivity index (χ0v) is 14.8. The summed E-state index contributed by atoms with van der Waals surface area (Å²) in [7, 11) is -2.09. The molecule has 6 nitrogen and oxygen atoms in total. The maximum atomic E-state index is 12.6. The van der Waals surface area contributed by atoms with Crippen molar-refractivity contribution in [3.63, 3.8) is 0 Å². The standard InChI is InChI=1S/C17H19N3O3S/c1-11-6-5-7-15(18-11)19-24(22,23)12-8-9-14-13(10-12)17(2,3)16(21)20(14)4/h5-10H,1-4H3,(H,18,19). The number of carbonyl (C=O) groups is 1. The van der Waals surface area contributed by atoms with Gasteiger partial charge in [0.15, 0.2) is 0 Å². The Hall–Kier alpha value is -2.41. The second-order valence-electron chi connectivity index (χ2n) is 6.44. The summed E-state index contributed by atoms with van der Waals surface area (Å²) in [4.78, 5) is 18.1. The number of hydrogen-bond acceptors (Lipinski definition) is 4. The van der Waals surface area contributed by atoms with Crippen LogP contribution in [0.3, 0.4) is 0 Å². The first-order valence-electron chi connectivity index (χ1n) is 7.52. The van der Waals surface area contributed by atoms with Crippen molar-refractivity contribution >= 4 is 27.4 Å². The van der Waals surface area contributed by atoms with E-state index in [0.717, 1.165) is 11.4 Å². The van der Waals surface area contributed by atoms with Crippen LogP contribution in [0, 0.1) is 6.92 Å². The van der Waals surface area contributed by atoms with Crippen LogP contribution < -0.4 is 9.62 Å². The molecular weight excluding hydrogens is 326 g/mol. The molecule has 126 valence electrons.